The van der Waals surface area contributed by atoms with Crippen LogP contribution in [0.1, 0.15) is 77.7 Å². The molecular weight excluding hydrogens is 509 g/mol. The lowest BCUT2D eigenvalue weighted by molar-refractivity contribution is -0.951. The molecule has 1 saturated heterocycles. The van der Waals surface area contributed by atoms with Gasteiger partial charge in [-0.2, -0.15) is 18.2 Å². The molecule has 220 valence electrons. The van der Waals surface area contributed by atoms with Gasteiger partial charge >= 0.3 is 6.18 Å². The van der Waals surface area contributed by atoms with Gasteiger partial charge in [-0.1, -0.05) is 32.8 Å². The summed E-state index contributed by atoms with van der Waals surface area (Å²) in [5.74, 6) is -0.0932. The highest BCUT2D eigenvalue weighted by molar-refractivity contribution is 5.76. The fourth-order valence-corrected chi connectivity index (χ4v) is 5.69. The Morgan fingerprint density at radius 3 is 2.72 bits per heavy atom. The molecule has 0 bridgehead atoms. The molecule has 3 atom stereocenters. The van der Waals surface area contributed by atoms with Crippen LogP contribution in [0.15, 0.2) is 18.0 Å². The largest absolute Gasteiger partial charge is 0.421 e. The Hall–Kier alpha value is -2.40. The maximum atomic E-state index is 13.7. The SMILES string of the molecule is CCCCC(CCC)[N+]1(C)CCC=C(Nc2ncc(C(F)(F)F)c(NCCCN3CCOCCC3=O)n2)C1C. The molecule has 0 spiro atoms. The molecule has 2 N–H and O–H groups in total. The van der Waals surface area contributed by atoms with Crippen molar-refractivity contribution in [3.63, 3.8) is 0 Å². The van der Waals surface area contributed by atoms with Crippen molar-refractivity contribution in [2.45, 2.75) is 90.4 Å². The van der Waals surface area contributed by atoms with Crippen LogP contribution in [0.5, 0.6) is 0 Å². The Morgan fingerprint density at radius 1 is 1.21 bits per heavy atom. The van der Waals surface area contributed by atoms with Crippen LogP contribution in [0, 0.1) is 0 Å². The topological polar surface area (TPSA) is 79.4 Å². The number of amides is 1. The van der Waals surface area contributed by atoms with Gasteiger partial charge in [0.05, 0.1) is 45.0 Å². The lowest BCUT2D eigenvalue weighted by Crippen LogP contribution is -2.60. The molecule has 1 amide bonds. The first kappa shape index (κ1) is 31.1. The summed E-state index contributed by atoms with van der Waals surface area (Å²) in [6, 6.07) is 0.674. The number of nitrogens with zero attached hydrogens (tertiary/aromatic N) is 4. The molecule has 0 aliphatic carbocycles. The van der Waals surface area contributed by atoms with Gasteiger partial charge in [0.25, 0.3) is 0 Å². The van der Waals surface area contributed by atoms with Gasteiger partial charge in [0.15, 0.2) is 0 Å². The molecule has 39 heavy (non-hydrogen) atoms. The first-order valence-electron chi connectivity index (χ1n) is 14.5. The quantitative estimate of drug-likeness (QED) is 0.249. The minimum Gasteiger partial charge on any atom is -0.379 e. The Bertz CT molecular complexity index is 973. The van der Waals surface area contributed by atoms with E-state index >= 15 is 0 Å². The van der Waals surface area contributed by atoms with E-state index in [1.165, 1.54) is 12.8 Å². The number of ether oxygens (including phenoxy) is 1. The molecule has 3 unspecified atom stereocenters. The molecule has 3 heterocycles. The van der Waals surface area contributed by atoms with E-state index in [0.29, 0.717) is 45.2 Å². The van der Waals surface area contributed by atoms with Gasteiger partial charge in [-0.25, -0.2) is 4.98 Å². The van der Waals surface area contributed by atoms with Gasteiger partial charge in [0.1, 0.15) is 17.4 Å². The zero-order valence-corrected chi connectivity index (χ0v) is 23.9. The molecular formula is C28H46F3N6O2+. The summed E-state index contributed by atoms with van der Waals surface area (Å²) in [6.45, 7) is 9.73. The van der Waals surface area contributed by atoms with Gasteiger partial charge < -0.3 is 24.8 Å². The van der Waals surface area contributed by atoms with Crippen molar-refractivity contribution in [3.05, 3.63) is 23.5 Å². The molecule has 2 aliphatic rings. The normalized spacial score (nSPS) is 23.3. The van der Waals surface area contributed by atoms with E-state index in [2.05, 4.69) is 54.5 Å². The van der Waals surface area contributed by atoms with Crippen LogP contribution in [0.25, 0.3) is 0 Å². The predicted molar refractivity (Wildman–Crippen MR) is 147 cm³/mol. The molecule has 8 nitrogen and oxygen atoms in total. The fraction of sp³-hybridized carbons (Fsp3) is 0.750. The second-order valence-electron chi connectivity index (χ2n) is 10.9. The smallest absolute Gasteiger partial charge is 0.379 e. The summed E-state index contributed by atoms with van der Waals surface area (Å²) in [7, 11) is 2.30. The third-order valence-corrected chi connectivity index (χ3v) is 8.22. The van der Waals surface area contributed by atoms with Gasteiger partial charge in [-0.05, 0) is 32.6 Å². The number of nitrogens with one attached hydrogen (secondary N) is 2. The van der Waals surface area contributed by atoms with Crippen molar-refractivity contribution in [2.75, 3.05) is 57.1 Å². The number of unbranched alkanes of at least 4 members (excludes halogenated alkanes) is 1. The lowest BCUT2D eigenvalue weighted by atomic mass is 9.94. The fourth-order valence-electron chi connectivity index (χ4n) is 5.69. The van der Waals surface area contributed by atoms with Crippen LogP contribution in [-0.4, -0.2) is 83.8 Å². The average molecular weight is 556 g/mol. The summed E-state index contributed by atoms with van der Waals surface area (Å²) in [5, 5.41) is 6.11. The number of rotatable bonds is 13. The maximum absolute atomic E-state index is 13.7. The number of carbonyl (C=O) groups is 1. The van der Waals surface area contributed by atoms with E-state index < -0.39 is 11.7 Å². The number of halogens is 3. The van der Waals surface area contributed by atoms with Crippen molar-refractivity contribution in [3.8, 4) is 0 Å². The van der Waals surface area contributed by atoms with Crippen LogP contribution in [0.2, 0.25) is 0 Å². The van der Waals surface area contributed by atoms with Gasteiger partial charge in [-0.3, -0.25) is 4.79 Å². The highest BCUT2D eigenvalue weighted by atomic mass is 19.4. The van der Waals surface area contributed by atoms with Crippen molar-refractivity contribution in [1.82, 2.24) is 14.9 Å². The summed E-state index contributed by atoms with van der Waals surface area (Å²) in [5.41, 5.74) is 0.0510. The van der Waals surface area contributed by atoms with E-state index in [-0.39, 0.29) is 30.3 Å². The number of aromatic nitrogens is 2. The average Bonchev–Trinajstić information content (AvgIpc) is 3.10. The van der Waals surface area contributed by atoms with Crippen LogP contribution in [-0.2, 0) is 15.7 Å². The van der Waals surface area contributed by atoms with Gasteiger partial charge in [-0.15, -0.1) is 0 Å². The van der Waals surface area contributed by atoms with Crippen molar-refractivity contribution in [2.24, 2.45) is 0 Å². The van der Waals surface area contributed by atoms with E-state index in [0.717, 1.165) is 48.6 Å². The highest BCUT2D eigenvalue weighted by Gasteiger charge is 2.41. The van der Waals surface area contributed by atoms with Gasteiger partial charge in [0.2, 0.25) is 11.9 Å². The summed E-state index contributed by atoms with van der Waals surface area (Å²) < 4.78 is 47.5. The number of hydrogen-bond acceptors (Lipinski definition) is 6. The minimum atomic E-state index is -4.58. The molecule has 0 saturated carbocycles. The van der Waals surface area contributed by atoms with Crippen LogP contribution in [0.4, 0.5) is 24.9 Å². The van der Waals surface area contributed by atoms with Crippen LogP contribution >= 0.6 is 0 Å². The van der Waals surface area contributed by atoms with Crippen molar-refractivity contribution < 1.29 is 27.2 Å². The van der Waals surface area contributed by atoms with E-state index in [1.54, 1.807) is 4.90 Å². The molecule has 0 aromatic carbocycles. The highest BCUT2D eigenvalue weighted by Crippen LogP contribution is 2.35. The monoisotopic (exact) mass is 555 g/mol. The number of hydrogen-bond donors (Lipinski definition) is 2. The third kappa shape index (κ3) is 8.30. The molecule has 1 fully saturated rings. The third-order valence-electron chi connectivity index (χ3n) is 8.22. The van der Waals surface area contributed by atoms with Crippen molar-refractivity contribution >= 4 is 17.7 Å². The summed E-state index contributed by atoms with van der Waals surface area (Å²) >= 11 is 0. The standard InChI is InChI=1S/C28H46F3N6O2/c1-5-7-11-22(10-6-2)37(4)17-8-12-24(21(37)3)34-27-33-20-23(28(29,30)31)26(35-27)32-14-9-15-36-16-19-39-18-13-25(36)38/h12,20-22H,5-11,13-19H2,1-4H3,(H2,32,33,34,35)/q+1. The van der Waals surface area contributed by atoms with Crippen LogP contribution < -0.4 is 10.6 Å². The van der Waals surface area contributed by atoms with E-state index in [1.807, 2.05) is 0 Å². The Morgan fingerprint density at radius 2 is 2.00 bits per heavy atom. The number of anilines is 2. The number of likely N-dealkylation sites (N-methyl/N-ethyl adjacent to an activating group) is 1. The predicted octanol–water partition coefficient (Wildman–Crippen LogP) is 5.44. The number of alkyl halides is 3. The Balaban J connectivity index is 1.71. The first-order valence-corrected chi connectivity index (χ1v) is 14.5. The summed E-state index contributed by atoms with van der Waals surface area (Å²) in [6.07, 6.45) is 5.88. The molecule has 3 rings (SSSR count). The second kappa shape index (κ2) is 14.3. The first-order chi connectivity index (χ1) is 18.6. The molecule has 0 radical (unpaired) electrons. The zero-order chi connectivity index (χ0) is 28.5. The Labute approximate surface area is 231 Å². The Kier molecular flexibility index (Phi) is 11.4. The summed E-state index contributed by atoms with van der Waals surface area (Å²) in [4.78, 5) is 22.1. The van der Waals surface area contributed by atoms with Crippen molar-refractivity contribution in [1.29, 1.82) is 0 Å². The van der Waals surface area contributed by atoms with Crippen LogP contribution in [0.3, 0.4) is 0 Å². The molecule has 1 aromatic rings. The zero-order valence-electron chi connectivity index (χ0n) is 23.9. The molecule has 11 heteroatoms. The minimum absolute atomic E-state index is 0.00755. The van der Waals surface area contributed by atoms with Gasteiger partial charge in [0, 0.05) is 32.3 Å². The van der Waals surface area contributed by atoms with E-state index in [9.17, 15) is 18.0 Å². The lowest BCUT2D eigenvalue weighted by Gasteiger charge is -2.49. The van der Waals surface area contributed by atoms with E-state index in [4.69, 9.17) is 4.74 Å². The molecule has 2 aliphatic heterocycles. The number of quaternary nitrogens is 1. The molecule has 1 aromatic heterocycles. The second-order valence-corrected chi connectivity index (χ2v) is 10.9. The number of carbonyl (C=O) groups excluding carboxylic acids is 1. The maximum Gasteiger partial charge on any atom is 0.421 e.